The van der Waals surface area contributed by atoms with Crippen molar-refractivity contribution in [2.24, 2.45) is 0 Å². The van der Waals surface area contributed by atoms with Gasteiger partial charge in [-0.15, -0.1) is 0 Å². The third kappa shape index (κ3) is 6.26. The second kappa shape index (κ2) is 10.4. The molecule has 0 aromatic heterocycles. The number of amides is 2. The quantitative estimate of drug-likeness (QED) is 0.470. The molecule has 0 radical (unpaired) electrons. The van der Waals surface area contributed by atoms with Gasteiger partial charge < -0.3 is 10.4 Å². The molecule has 1 unspecified atom stereocenters. The smallest absolute Gasteiger partial charge is 0.326 e. The number of hydrogen-bond donors (Lipinski definition) is 2. The van der Waals surface area contributed by atoms with Crippen LogP contribution in [0.15, 0.2) is 59.5 Å². The summed E-state index contributed by atoms with van der Waals surface area (Å²) in [4.78, 5) is 38.5. The maximum absolute atomic E-state index is 12.7. The van der Waals surface area contributed by atoms with Crippen LogP contribution in [0, 0.1) is 6.92 Å². The van der Waals surface area contributed by atoms with Crippen LogP contribution in [0.1, 0.15) is 23.1 Å². The average Bonchev–Trinajstić information content (AvgIpc) is 3.01. The lowest BCUT2D eigenvalue weighted by Crippen LogP contribution is -2.43. The van der Waals surface area contributed by atoms with Gasteiger partial charge in [0.25, 0.3) is 5.91 Å². The largest absolute Gasteiger partial charge is 0.480 e. The van der Waals surface area contributed by atoms with Crippen LogP contribution in [0.3, 0.4) is 0 Å². The number of benzene rings is 2. The number of thiocarbonyl (C=S) groups is 1. The maximum Gasteiger partial charge on any atom is 0.326 e. The molecule has 0 aliphatic carbocycles. The Balaban J connectivity index is 1.57. The predicted molar refractivity (Wildman–Crippen MR) is 125 cm³/mol. The zero-order valence-corrected chi connectivity index (χ0v) is 18.5. The van der Waals surface area contributed by atoms with Crippen LogP contribution < -0.4 is 5.32 Å². The topological polar surface area (TPSA) is 86.7 Å². The number of rotatable bonds is 8. The molecule has 1 atom stereocenters. The number of carbonyl (C=O) groups is 3. The van der Waals surface area contributed by atoms with Crippen molar-refractivity contribution in [3.63, 3.8) is 0 Å². The fourth-order valence-corrected chi connectivity index (χ4v) is 4.35. The molecule has 3 rings (SSSR count). The first-order chi connectivity index (χ1) is 14.8. The van der Waals surface area contributed by atoms with Crippen molar-refractivity contribution in [1.29, 1.82) is 0 Å². The predicted octanol–water partition coefficient (Wildman–Crippen LogP) is 3.40. The lowest BCUT2D eigenvalue weighted by Gasteiger charge is -2.17. The van der Waals surface area contributed by atoms with E-state index in [1.54, 1.807) is 6.08 Å². The van der Waals surface area contributed by atoms with Gasteiger partial charge in [0.1, 0.15) is 10.4 Å². The minimum absolute atomic E-state index is 0.0389. The average molecular weight is 455 g/mol. The zero-order chi connectivity index (χ0) is 22.4. The van der Waals surface area contributed by atoms with Crippen LogP contribution in [0.25, 0.3) is 6.08 Å². The highest BCUT2D eigenvalue weighted by Crippen LogP contribution is 2.32. The maximum atomic E-state index is 12.7. The van der Waals surface area contributed by atoms with Crippen molar-refractivity contribution in [2.45, 2.75) is 25.8 Å². The van der Waals surface area contributed by atoms with E-state index >= 15 is 0 Å². The minimum atomic E-state index is -1.11. The number of nitrogens with one attached hydrogen (secondary N) is 1. The number of aryl methyl sites for hydroxylation is 1. The molecular weight excluding hydrogens is 432 g/mol. The van der Waals surface area contributed by atoms with Crippen LogP contribution in [-0.4, -0.2) is 44.7 Å². The van der Waals surface area contributed by atoms with Crippen LogP contribution in [0.5, 0.6) is 0 Å². The summed E-state index contributed by atoms with van der Waals surface area (Å²) in [6.07, 6.45) is 1.92. The number of hydrogen-bond acceptors (Lipinski definition) is 5. The Kier molecular flexibility index (Phi) is 7.59. The fourth-order valence-electron chi connectivity index (χ4n) is 3.04. The van der Waals surface area contributed by atoms with Crippen molar-refractivity contribution in [3.05, 3.63) is 76.2 Å². The summed E-state index contributed by atoms with van der Waals surface area (Å²) < 4.78 is 0.384. The Morgan fingerprint density at radius 3 is 2.48 bits per heavy atom. The van der Waals surface area contributed by atoms with Gasteiger partial charge in [-0.2, -0.15) is 0 Å². The molecule has 0 spiro atoms. The van der Waals surface area contributed by atoms with Crippen molar-refractivity contribution in [3.8, 4) is 0 Å². The van der Waals surface area contributed by atoms with Crippen molar-refractivity contribution in [1.82, 2.24) is 10.2 Å². The number of carboxylic acids is 1. The summed E-state index contributed by atoms with van der Waals surface area (Å²) in [6, 6.07) is 15.8. The van der Waals surface area contributed by atoms with Crippen LogP contribution in [0.4, 0.5) is 0 Å². The Bertz CT molecular complexity index is 1020. The summed E-state index contributed by atoms with van der Waals surface area (Å²) in [5.74, 6) is -1.80. The normalized spacial score (nSPS) is 15.9. The summed E-state index contributed by atoms with van der Waals surface area (Å²) in [5, 5.41) is 12.0. The highest BCUT2D eigenvalue weighted by molar-refractivity contribution is 8.26. The molecule has 0 bridgehead atoms. The van der Waals surface area contributed by atoms with Crippen LogP contribution >= 0.6 is 24.0 Å². The minimum Gasteiger partial charge on any atom is -0.480 e. The van der Waals surface area contributed by atoms with E-state index in [2.05, 4.69) is 5.32 Å². The molecule has 2 aromatic rings. The standard InChI is InChI=1S/C23H22N2O4S2/c1-15-7-9-17(10-8-15)14-19-21(27)25(23(30)31-19)12-11-20(26)24-18(22(28)29)13-16-5-3-2-4-6-16/h2-10,14,18H,11-13H2,1H3,(H,24,26)(H,28,29). The third-order valence-corrected chi connectivity index (χ3v) is 6.10. The van der Waals surface area contributed by atoms with Crippen LogP contribution in [-0.2, 0) is 20.8 Å². The zero-order valence-electron chi connectivity index (χ0n) is 16.9. The molecule has 2 amide bonds. The molecule has 1 fully saturated rings. The molecule has 2 N–H and O–H groups in total. The van der Waals surface area contributed by atoms with Gasteiger partial charge in [-0.25, -0.2) is 4.79 Å². The summed E-state index contributed by atoms with van der Waals surface area (Å²) >= 11 is 6.50. The number of carbonyl (C=O) groups excluding carboxylic acids is 2. The van der Waals surface area contributed by atoms with Crippen LogP contribution in [0.2, 0.25) is 0 Å². The van der Waals surface area contributed by atoms with E-state index in [1.807, 2.05) is 61.5 Å². The molecule has 1 aliphatic rings. The molecule has 1 aliphatic heterocycles. The highest BCUT2D eigenvalue weighted by Gasteiger charge is 2.32. The lowest BCUT2D eigenvalue weighted by atomic mass is 10.1. The van der Waals surface area contributed by atoms with E-state index in [0.29, 0.717) is 9.23 Å². The van der Waals surface area contributed by atoms with Gasteiger partial charge in [0, 0.05) is 19.4 Å². The van der Waals surface area contributed by atoms with E-state index in [4.69, 9.17) is 12.2 Å². The number of thioether (sulfide) groups is 1. The van der Waals surface area contributed by atoms with E-state index in [0.717, 1.165) is 16.7 Å². The molecule has 0 saturated carbocycles. The number of aliphatic carboxylic acids is 1. The molecule has 31 heavy (non-hydrogen) atoms. The van der Waals surface area contributed by atoms with Crippen molar-refractivity contribution < 1.29 is 19.5 Å². The van der Waals surface area contributed by atoms with Gasteiger partial charge in [0.2, 0.25) is 5.91 Å². The third-order valence-electron chi connectivity index (χ3n) is 4.73. The Labute approximate surface area is 190 Å². The SMILES string of the molecule is Cc1ccc(C=C2SC(=S)N(CCC(=O)NC(Cc3ccccc3)C(=O)O)C2=O)cc1. The van der Waals surface area contributed by atoms with Gasteiger partial charge >= 0.3 is 5.97 Å². The highest BCUT2D eigenvalue weighted by atomic mass is 32.2. The molecule has 1 saturated heterocycles. The van der Waals surface area contributed by atoms with Gasteiger partial charge in [-0.05, 0) is 24.1 Å². The van der Waals surface area contributed by atoms with Gasteiger partial charge in [0.05, 0.1) is 4.91 Å². The molecule has 6 nitrogen and oxygen atoms in total. The lowest BCUT2D eigenvalue weighted by molar-refractivity contribution is -0.141. The van der Waals surface area contributed by atoms with Crippen molar-refractivity contribution >= 4 is 52.2 Å². The fraction of sp³-hybridized carbons (Fsp3) is 0.217. The first-order valence-corrected chi connectivity index (χ1v) is 10.9. The second-order valence-electron chi connectivity index (χ2n) is 7.14. The molecule has 160 valence electrons. The van der Waals surface area contributed by atoms with Gasteiger partial charge in [-0.3, -0.25) is 14.5 Å². The Hall–Kier alpha value is -2.97. The second-order valence-corrected chi connectivity index (χ2v) is 8.82. The Morgan fingerprint density at radius 2 is 1.84 bits per heavy atom. The molecule has 2 aromatic carbocycles. The number of nitrogens with zero attached hydrogens (tertiary/aromatic N) is 1. The molecule has 1 heterocycles. The molecular formula is C23H22N2O4S2. The Morgan fingerprint density at radius 1 is 1.16 bits per heavy atom. The summed E-state index contributed by atoms with van der Waals surface area (Å²) in [7, 11) is 0. The monoisotopic (exact) mass is 454 g/mol. The number of carboxylic acid groups (broad SMARTS) is 1. The van der Waals surface area contributed by atoms with E-state index < -0.39 is 17.9 Å². The van der Waals surface area contributed by atoms with Crippen molar-refractivity contribution in [2.75, 3.05) is 6.54 Å². The van der Waals surface area contributed by atoms with E-state index in [-0.39, 0.29) is 25.3 Å². The first kappa shape index (κ1) is 22.7. The van der Waals surface area contributed by atoms with Gasteiger partial charge in [-0.1, -0.05) is 84.1 Å². The van der Waals surface area contributed by atoms with E-state index in [9.17, 15) is 19.5 Å². The summed E-state index contributed by atoms with van der Waals surface area (Å²) in [6.45, 7) is 2.09. The molecule has 8 heteroatoms. The summed E-state index contributed by atoms with van der Waals surface area (Å²) in [5.41, 5.74) is 2.84. The van der Waals surface area contributed by atoms with Gasteiger partial charge in [0.15, 0.2) is 0 Å². The van der Waals surface area contributed by atoms with E-state index in [1.165, 1.54) is 16.7 Å². The first-order valence-electron chi connectivity index (χ1n) is 9.71.